The molecule has 5 rings (SSSR count). The molecule has 0 fully saturated rings. The van der Waals surface area contributed by atoms with E-state index in [4.69, 9.17) is 0 Å². The van der Waals surface area contributed by atoms with Crippen LogP contribution in [0.2, 0.25) is 0 Å². The van der Waals surface area contributed by atoms with Crippen LogP contribution in [0.4, 0.5) is 0 Å². The Bertz CT molecular complexity index is 1260. The molecule has 2 aromatic heterocycles. The summed E-state index contributed by atoms with van der Waals surface area (Å²) in [6.07, 6.45) is 3.10. The van der Waals surface area contributed by atoms with E-state index in [0.29, 0.717) is 16.1 Å². The Morgan fingerprint density at radius 2 is 1.77 bits per heavy atom. The quantitative estimate of drug-likeness (QED) is 0.509. The molecule has 0 saturated heterocycles. The van der Waals surface area contributed by atoms with Gasteiger partial charge in [-0.05, 0) is 59.9 Å². The van der Waals surface area contributed by atoms with Gasteiger partial charge in [-0.15, -0.1) is 5.10 Å². The van der Waals surface area contributed by atoms with Crippen molar-refractivity contribution in [3.05, 3.63) is 81.8 Å². The zero-order valence-corrected chi connectivity index (χ0v) is 17.7. The number of hydrogen-bond donors (Lipinski definition) is 0. The standard InChI is InChI=1S/C22H22N6OS/c1-15-20(21(29)28(26(15)2)18-10-4-3-5-11-18)27-22(23-24-25-27)30-19-13-12-16-8-6-7-9-17(16)14-19/h3-11,19H,12-14H2,1-2H3. The highest BCUT2D eigenvalue weighted by atomic mass is 32.2. The number of hydrogen-bond acceptors (Lipinski definition) is 5. The lowest BCUT2D eigenvalue weighted by molar-refractivity contribution is 0.630. The van der Waals surface area contributed by atoms with E-state index in [0.717, 1.165) is 30.6 Å². The minimum atomic E-state index is -0.135. The molecule has 0 spiro atoms. The molecule has 1 unspecified atom stereocenters. The maximum Gasteiger partial charge on any atom is 0.297 e. The first kappa shape index (κ1) is 18.9. The average Bonchev–Trinajstić information content (AvgIpc) is 3.30. The summed E-state index contributed by atoms with van der Waals surface area (Å²) in [6, 6.07) is 18.2. The van der Waals surface area contributed by atoms with Crippen LogP contribution >= 0.6 is 11.8 Å². The van der Waals surface area contributed by atoms with Gasteiger partial charge in [0.2, 0.25) is 5.16 Å². The molecule has 0 amide bonds. The summed E-state index contributed by atoms with van der Waals surface area (Å²) in [5.74, 6) is 0. The largest absolute Gasteiger partial charge is 0.297 e. The third-order valence-corrected chi connectivity index (χ3v) is 6.95. The van der Waals surface area contributed by atoms with Gasteiger partial charge in [-0.25, -0.2) is 4.68 Å². The third-order valence-electron chi connectivity index (χ3n) is 5.75. The normalized spacial score (nSPS) is 15.9. The molecule has 2 aromatic carbocycles. The van der Waals surface area contributed by atoms with Crippen LogP contribution in [-0.2, 0) is 19.9 Å². The number of rotatable bonds is 4. The van der Waals surface area contributed by atoms with Gasteiger partial charge in [-0.1, -0.05) is 54.2 Å². The molecule has 2 heterocycles. The van der Waals surface area contributed by atoms with Crippen LogP contribution in [0.1, 0.15) is 23.2 Å². The number of tetrazole rings is 1. The fourth-order valence-electron chi connectivity index (χ4n) is 4.10. The predicted molar refractivity (Wildman–Crippen MR) is 117 cm³/mol. The van der Waals surface area contributed by atoms with Crippen LogP contribution in [0.5, 0.6) is 0 Å². The molecule has 4 aromatic rings. The fourth-order valence-corrected chi connectivity index (χ4v) is 5.21. The van der Waals surface area contributed by atoms with Crippen LogP contribution in [0.15, 0.2) is 64.5 Å². The van der Waals surface area contributed by atoms with Gasteiger partial charge in [0.25, 0.3) is 5.56 Å². The van der Waals surface area contributed by atoms with E-state index in [2.05, 4.69) is 39.8 Å². The molecule has 1 aliphatic carbocycles. The Balaban J connectivity index is 1.50. The van der Waals surface area contributed by atoms with Crippen molar-refractivity contribution in [1.82, 2.24) is 29.6 Å². The Labute approximate surface area is 178 Å². The molecule has 0 bridgehead atoms. The molecule has 152 valence electrons. The number of aromatic nitrogens is 6. The van der Waals surface area contributed by atoms with E-state index in [-0.39, 0.29) is 5.56 Å². The molecule has 30 heavy (non-hydrogen) atoms. The van der Waals surface area contributed by atoms with Gasteiger partial charge >= 0.3 is 0 Å². The number of benzene rings is 2. The summed E-state index contributed by atoms with van der Waals surface area (Å²) < 4.78 is 5.10. The van der Waals surface area contributed by atoms with E-state index < -0.39 is 0 Å². The minimum Gasteiger partial charge on any atom is -0.283 e. The monoisotopic (exact) mass is 418 g/mol. The van der Waals surface area contributed by atoms with E-state index in [9.17, 15) is 4.79 Å². The van der Waals surface area contributed by atoms with Crippen molar-refractivity contribution < 1.29 is 0 Å². The lowest BCUT2D eigenvalue weighted by Crippen LogP contribution is -2.22. The molecule has 7 nitrogen and oxygen atoms in total. The molecule has 1 atom stereocenters. The highest BCUT2D eigenvalue weighted by Gasteiger charge is 2.25. The zero-order chi connectivity index (χ0) is 20.7. The van der Waals surface area contributed by atoms with Crippen molar-refractivity contribution in [3.63, 3.8) is 0 Å². The lowest BCUT2D eigenvalue weighted by atomic mass is 9.92. The zero-order valence-electron chi connectivity index (χ0n) is 16.9. The van der Waals surface area contributed by atoms with Gasteiger partial charge in [-0.3, -0.25) is 9.48 Å². The van der Waals surface area contributed by atoms with Gasteiger partial charge in [-0.2, -0.15) is 4.68 Å². The van der Waals surface area contributed by atoms with Crippen LogP contribution in [0.3, 0.4) is 0 Å². The van der Waals surface area contributed by atoms with Crippen molar-refractivity contribution >= 4 is 11.8 Å². The summed E-state index contributed by atoms with van der Waals surface area (Å²) >= 11 is 1.65. The third kappa shape index (κ3) is 3.17. The molecule has 0 radical (unpaired) electrons. The van der Waals surface area contributed by atoms with Gasteiger partial charge in [0.15, 0.2) is 5.69 Å². The van der Waals surface area contributed by atoms with Crippen LogP contribution in [-0.4, -0.2) is 34.8 Å². The highest BCUT2D eigenvalue weighted by molar-refractivity contribution is 7.99. The summed E-state index contributed by atoms with van der Waals surface area (Å²) in [6.45, 7) is 1.92. The molecule has 1 aliphatic rings. The molecule has 0 saturated carbocycles. The Hall–Kier alpha value is -3.13. The number of thioether (sulfide) groups is 1. The summed E-state index contributed by atoms with van der Waals surface area (Å²) in [5.41, 5.74) is 4.80. The maximum atomic E-state index is 13.3. The topological polar surface area (TPSA) is 70.5 Å². The summed E-state index contributed by atoms with van der Waals surface area (Å²) in [7, 11) is 1.88. The molecule has 0 aliphatic heterocycles. The highest BCUT2D eigenvalue weighted by Crippen LogP contribution is 2.33. The second-order valence-corrected chi connectivity index (χ2v) is 8.80. The predicted octanol–water partition coefficient (Wildman–Crippen LogP) is 3.11. The Morgan fingerprint density at radius 3 is 2.57 bits per heavy atom. The Morgan fingerprint density at radius 1 is 1.03 bits per heavy atom. The van der Waals surface area contributed by atoms with E-state index in [1.54, 1.807) is 21.1 Å². The van der Waals surface area contributed by atoms with Crippen molar-refractivity contribution in [1.29, 1.82) is 0 Å². The first-order valence-corrected chi connectivity index (χ1v) is 10.9. The van der Waals surface area contributed by atoms with Crippen LogP contribution in [0.25, 0.3) is 11.4 Å². The van der Waals surface area contributed by atoms with Crippen molar-refractivity contribution in [2.75, 3.05) is 0 Å². The lowest BCUT2D eigenvalue weighted by Gasteiger charge is -2.23. The molecule has 8 heteroatoms. The van der Waals surface area contributed by atoms with E-state index in [1.807, 2.05) is 49.0 Å². The molecular formula is C22H22N6OS. The van der Waals surface area contributed by atoms with Gasteiger partial charge in [0.1, 0.15) is 0 Å². The van der Waals surface area contributed by atoms with Gasteiger partial charge in [0, 0.05) is 12.3 Å². The Kier molecular flexibility index (Phi) is 4.78. The van der Waals surface area contributed by atoms with Crippen molar-refractivity contribution in [2.24, 2.45) is 7.05 Å². The fraction of sp³-hybridized carbons (Fsp3) is 0.273. The summed E-state index contributed by atoms with van der Waals surface area (Å²) in [5, 5.41) is 13.3. The number of para-hydroxylation sites is 1. The first-order chi connectivity index (χ1) is 14.6. The number of fused-ring (bicyclic) bond motifs is 1. The number of aryl methyl sites for hydroxylation is 1. The molecule has 0 N–H and O–H groups in total. The maximum absolute atomic E-state index is 13.3. The second kappa shape index (κ2) is 7.60. The van der Waals surface area contributed by atoms with Crippen molar-refractivity contribution in [2.45, 2.75) is 36.6 Å². The first-order valence-electron chi connectivity index (χ1n) is 9.99. The van der Waals surface area contributed by atoms with E-state index >= 15 is 0 Å². The van der Waals surface area contributed by atoms with Gasteiger partial charge < -0.3 is 0 Å². The van der Waals surface area contributed by atoms with E-state index in [1.165, 1.54) is 11.1 Å². The number of nitrogens with zero attached hydrogens (tertiary/aromatic N) is 6. The minimum absolute atomic E-state index is 0.135. The van der Waals surface area contributed by atoms with Crippen molar-refractivity contribution in [3.8, 4) is 11.4 Å². The smallest absolute Gasteiger partial charge is 0.283 e. The van der Waals surface area contributed by atoms with Crippen LogP contribution in [0, 0.1) is 6.92 Å². The average molecular weight is 419 g/mol. The second-order valence-electron chi connectivity index (χ2n) is 7.53. The molecular weight excluding hydrogens is 396 g/mol. The van der Waals surface area contributed by atoms with Gasteiger partial charge in [0.05, 0.1) is 11.4 Å². The SMILES string of the molecule is Cc1c(-n2nnnc2SC2CCc3ccccc3C2)c(=O)n(-c2ccccc2)n1C. The van der Waals surface area contributed by atoms with Crippen LogP contribution < -0.4 is 5.56 Å². The summed E-state index contributed by atoms with van der Waals surface area (Å²) in [4.78, 5) is 13.3.